The molecule has 0 saturated carbocycles. The number of alkyl halides is 3. The second kappa shape index (κ2) is 9.22. The maximum atomic E-state index is 12.6. The Kier molecular flexibility index (Phi) is 6.78. The highest BCUT2D eigenvalue weighted by atomic mass is 35.5. The molecule has 0 spiro atoms. The maximum Gasteiger partial charge on any atom is 0.573 e. The average molecular weight is 484 g/mol. The van der Waals surface area contributed by atoms with Crippen molar-refractivity contribution in [2.75, 3.05) is 6.61 Å². The van der Waals surface area contributed by atoms with Crippen molar-refractivity contribution < 1.29 is 32.9 Å². The summed E-state index contributed by atoms with van der Waals surface area (Å²) in [6.07, 6.45) is -6.11. The lowest BCUT2D eigenvalue weighted by Crippen LogP contribution is -2.48. The number of nitrogens with one attached hydrogen (secondary N) is 1. The van der Waals surface area contributed by atoms with Crippen LogP contribution >= 0.6 is 11.6 Å². The minimum Gasteiger partial charge on any atom is -0.406 e. The number of carbonyl (C=O) groups excluding carboxylic acids is 1. The minimum absolute atomic E-state index is 0.00437. The molecule has 0 radical (unpaired) electrons. The second-order valence-corrected chi connectivity index (χ2v) is 7.70. The number of halogens is 4. The molecule has 2 atom stereocenters. The number of rotatable bonds is 7. The number of fused-ring (bicyclic) bond motifs is 1. The molecule has 1 amide bonds. The van der Waals surface area contributed by atoms with Gasteiger partial charge in [0.25, 0.3) is 5.91 Å². The molecule has 2 aromatic carbocycles. The number of ether oxygens (including phenoxy) is 1. The standard InChI is InChI=1S/C20H17ClF3N5O4/c1-19(9-25,26-18(32)11-2-4-13(5-3-11)33-20(22,23)24)10-29-27-15-7-12(21)6-14(16(31)8-30)17(15)28-29/h2-7,16,30-31H,8,10H2,1H3,(H,26,32). The third-order valence-corrected chi connectivity index (χ3v) is 4.72. The SMILES string of the molecule is CC(C#N)(Cn1nc2cc(Cl)cc(C(O)CO)c2n1)NC(=O)c1ccc(OC(F)(F)F)cc1. The molecular weight excluding hydrogens is 467 g/mol. The lowest BCUT2D eigenvalue weighted by atomic mass is 10.0. The number of carbonyl (C=O) groups is 1. The van der Waals surface area contributed by atoms with Gasteiger partial charge in [0, 0.05) is 16.1 Å². The third kappa shape index (κ3) is 5.89. The Morgan fingerprint density at radius 3 is 2.55 bits per heavy atom. The van der Waals surface area contributed by atoms with Crippen LogP contribution in [0.2, 0.25) is 5.02 Å². The quantitative estimate of drug-likeness (QED) is 0.470. The third-order valence-electron chi connectivity index (χ3n) is 4.50. The number of nitriles is 1. The van der Waals surface area contributed by atoms with Crippen molar-refractivity contribution in [3.8, 4) is 11.8 Å². The van der Waals surface area contributed by atoms with Crippen LogP contribution < -0.4 is 10.1 Å². The Labute approximate surface area is 189 Å². The van der Waals surface area contributed by atoms with Gasteiger partial charge in [-0.05, 0) is 43.3 Å². The predicted octanol–water partition coefficient (Wildman–Crippen LogP) is 2.72. The number of hydrogen-bond donors (Lipinski definition) is 3. The highest BCUT2D eigenvalue weighted by Crippen LogP contribution is 2.27. The van der Waals surface area contributed by atoms with Crippen LogP contribution in [0.1, 0.15) is 28.9 Å². The Morgan fingerprint density at radius 1 is 1.30 bits per heavy atom. The molecule has 0 saturated heterocycles. The van der Waals surface area contributed by atoms with Crippen LogP contribution in [0.15, 0.2) is 36.4 Å². The number of hydrogen-bond acceptors (Lipinski definition) is 7. The fourth-order valence-electron chi connectivity index (χ4n) is 2.99. The molecule has 0 fully saturated rings. The minimum atomic E-state index is -4.86. The number of nitrogens with zero attached hydrogens (tertiary/aromatic N) is 4. The van der Waals surface area contributed by atoms with Gasteiger partial charge >= 0.3 is 6.36 Å². The first-order chi connectivity index (χ1) is 15.4. The molecule has 0 aliphatic rings. The first-order valence-electron chi connectivity index (χ1n) is 9.36. The Hall–Kier alpha value is -3.40. The van der Waals surface area contributed by atoms with Gasteiger partial charge in [0.15, 0.2) is 0 Å². The summed E-state index contributed by atoms with van der Waals surface area (Å²) >= 11 is 6.03. The van der Waals surface area contributed by atoms with Gasteiger partial charge in [-0.25, -0.2) is 0 Å². The van der Waals surface area contributed by atoms with Gasteiger partial charge in [0.2, 0.25) is 0 Å². The summed E-state index contributed by atoms with van der Waals surface area (Å²) < 4.78 is 40.6. The fourth-order valence-corrected chi connectivity index (χ4v) is 3.21. The van der Waals surface area contributed by atoms with Crippen LogP contribution in [0.25, 0.3) is 11.0 Å². The molecule has 3 rings (SSSR count). The summed E-state index contributed by atoms with van der Waals surface area (Å²) in [6.45, 7) is 0.642. The van der Waals surface area contributed by atoms with Crippen LogP contribution in [-0.4, -0.2) is 49.6 Å². The lowest BCUT2D eigenvalue weighted by Gasteiger charge is -2.22. The van der Waals surface area contributed by atoms with E-state index in [9.17, 15) is 33.4 Å². The monoisotopic (exact) mass is 483 g/mol. The van der Waals surface area contributed by atoms with Gasteiger partial charge in [-0.3, -0.25) is 4.79 Å². The van der Waals surface area contributed by atoms with E-state index in [-0.39, 0.29) is 28.2 Å². The molecule has 3 aromatic rings. The molecule has 33 heavy (non-hydrogen) atoms. The lowest BCUT2D eigenvalue weighted by molar-refractivity contribution is -0.274. The number of aliphatic hydroxyl groups excluding tert-OH is 2. The summed E-state index contributed by atoms with van der Waals surface area (Å²) in [5.74, 6) is -1.21. The van der Waals surface area contributed by atoms with Gasteiger partial charge < -0.3 is 20.3 Å². The van der Waals surface area contributed by atoms with Crippen molar-refractivity contribution in [2.45, 2.75) is 31.5 Å². The topological polar surface area (TPSA) is 133 Å². The van der Waals surface area contributed by atoms with Crippen molar-refractivity contribution in [1.29, 1.82) is 5.26 Å². The van der Waals surface area contributed by atoms with Crippen molar-refractivity contribution >= 4 is 28.5 Å². The number of aromatic nitrogens is 3. The van der Waals surface area contributed by atoms with Gasteiger partial charge in [0.05, 0.1) is 19.2 Å². The van der Waals surface area contributed by atoms with Crippen LogP contribution in [0.4, 0.5) is 13.2 Å². The van der Waals surface area contributed by atoms with E-state index >= 15 is 0 Å². The zero-order chi connectivity index (χ0) is 24.4. The molecule has 3 N–H and O–H groups in total. The normalized spacial score (nSPS) is 14.4. The van der Waals surface area contributed by atoms with Crippen LogP contribution in [0.5, 0.6) is 5.75 Å². The van der Waals surface area contributed by atoms with E-state index in [1.165, 1.54) is 19.1 Å². The van der Waals surface area contributed by atoms with Crippen LogP contribution in [-0.2, 0) is 6.54 Å². The molecular formula is C20H17ClF3N5O4. The summed E-state index contributed by atoms with van der Waals surface area (Å²) in [5.41, 5.74) is -0.697. The summed E-state index contributed by atoms with van der Waals surface area (Å²) in [6, 6.07) is 9.08. The van der Waals surface area contributed by atoms with Crippen LogP contribution in [0.3, 0.4) is 0 Å². The average Bonchev–Trinajstić information content (AvgIpc) is 3.13. The van der Waals surface area contributed by atoms with Crippen molar-refractivity contribution in [3.63, 3.8) is 0 Å². The van der Waals surface area contributed by atoms with E-state index in [0.29, 0.717) is 5.52 Å². The predicted molar refractivity (Wildman–Crippen MR) is 109 cm³/mol. The van der Waals surface area contributed by atoms with E-state index in [4.69, 9.17) is 11.6 Å². The molecule has 1 aromatic heterocycles. The van der Waals surface area contributed by atoms with Gasteiger partial charge in [-0.2, -0.15) is 20.3 Å². The fraction of sp³-hybridized carbons (Fsp3) is 0.300. The molecule has 1 heterocycles. The Bertz CT molecular complexity index is 1210. The highest BCUT2D eigenvalue weighted by Gasteiger charge is 2.32. The number of aliphatic hydroxyl groups is 2. The van der Waals surface area contributed by atoms with Crippen LogP contribution in [0, 0.1) is 11.3 Å². The zero-order valence-corrected chi connectivity index (χ0v) is 17.7. The molecule has 2 unspecified atom stereocenters. The van der Waals surface area contributed by atoms with Crippen molar-refractivity contribution in [3.05, 3.63) is 52.5 Å². The molecule has 0 bridgehead atoms. The first-order valence-corrected chi connectivity index (χ1v) is 9.73. The maximum absolute atomic E-state index is 12.6. The van der Waals surface area contributed by atoms with E-state index in [1.54, 1.807) is 0 Å². The summed E-state index contributed by atoms with van der Waals surface area (Å²) in [7, 11) is 0. The van der Waals surface area contributed by atoms with E-state index in [2.05, 4.69) is 20.3 Å². The Balaban J connectivity index is 1.80. The molecule has 174 valence electrons. The summed E-state index contributed by atoms with van der Waals surface area (Å²) in [5, 5.41) is 40.1. The summed E-state index contributed by atoms with van der Waals surface area (Å²) in [4.78, 5) is 13.7. The van der Waals surface area contributed by atoms with E-state index in [1.807, 2.05) is 6.07 Å². The zero-order valence-electron chi connectivity index (χ0n) is 17.0. The van der Waals surface area contributed by atoms with E-state index in [0.717, 1.165) is 29.1 Å². The number of amides is 1. The first kappa shape index (κ1) is 24.2. The van der Waals surface area contributed by atoms with E-state index < -0.39 is 36.3 Å². The smallest absolute Gasteiger partial charge is 0.406 e. The van der Waals surface area contributed by atoms with Crippen molar-refractivity contribution in [2.24, 2.45) is 0 Å². The molecule has 9 nitrogen and oxygen atoms in total. The second-order valence-electron chi connectivity index (χ2n) is 7.26. The highest BCUT2D eigenvalue weighted by molar-refractivity contribution is 6.31. The van der Waals surface area contributed by atoms with Gasteiger partial charge in [-0.15, -0.1) is 13.2 Å². The largest absolute Gasteiger partial charge is 0.573 e. The molecule has 0 aliphatic heterocycles. The van der Waals surface area contributed by atoms with Gasteiger partial charge in [0.1, 0.15) is 28.4 Å². The van der Waals surface area contributed by atoms with Gasteiger partial charge in [-0.1, -0.05) is 11.6 Å². The van der Waals surface area contributed by atoms with Crippen molar-refractivity contribution in [1.82, 2.24) is 20.3 Å². The number of benzene rings is 2. The Morgan fingerprint density at radius 2 is 1.97 bits per heavy atom. The molecule has 13 heteroatoms. The molecule has 0 aliphatic carbocycles.